The van der Waals surface area contributed by atoms with Crippen molar-refractivity contribution in [3.8, 4) is 5.75 Å². The van der Waals surface area contributed by atoms with E-state index in [2.05, 4.69) is 0 Å². The van der Waals surface area contributed by atoms with Crippen molar-refractivity contribution in [2.24, 2.45) is 0 Å². The van der Waals surface area contributed by atoms with Crippen molar-refractivity contribution in [2.45, 2.75) is 20.3 Å². The molecule has 0 atom stereocenters. The first kappa shape index (κ1) is 15.5. The molecule has 4 heteroatoms. The molecular formula is C17H16ClFO2. The highest BCUT2D eigenvalue weighted by atomic mass is 35.5. The number of rotatable bonds is 5. The van der Waals surface area contributed by atoms with Crippen LogP contribution in [0.3, 0.4) is 0 Å². The number of ether oxygens (including phenoxy) is 1. The van der Waals surface area contributed by atoms with Gasteiger partial charge < -0.3 is 4.74 Å². The van der Waals surface area contributed by atoms with E-state index in [9.17, 15) is 9.18 Å². The SMILES string of the molecule is Cc1cc(Cl)cc(C)c1OCC(=O)Cc1ccccc1F. The smallest absolute Gasteiger partial charge is 0.174 e. The summed E-state index contributed by atoms with van der Waals surface area (Å²) in [5.41, 5.74) is 2.13. The number of benzene rings is 2. The summed E-state index contributed by atoms with van der Waals surface area (Å²) in [6.45, 7) is 3.66. The number of hydrogen-bond acceptors (Lipinski definition) is 2. The number of carbonyl (C=O) groups excluding carboxylic acids is 1. The highest BCUT2D eigenvalue weighted by Gasteiger charge is 2.11. The quantitative estimate of drug-likeness (QED) is 0.824. The van der Waals surface area contributed by atoms with E-state index in [4.69, 9.17) is 16.3 Å². The third-order valence-electron chi connectivity index (χ3n) is 3.15. The molecule has 0 unspecified atom stereocenters. The molecule has 0 aromatic heterocycles. The zero-order chi connectivity index (χ0) is 15.4. The molecule has 0 aliphatic carbocycles. The summed E-state index contributed by atoms with van der Waals surface area (Å²) >= 11 is 5.95. The topological polar surface area (TPSA) is 26.3 Å². The Kier molecular flexibility index (Phi) is 4.97. The predicted octanol–water partition coefficient (Wildman–Crippen LogP) is 4.29. The van der Waals surface area contributed by atoms with E-state index in [1.807, 2.05) is 13.8 Å². The van der Waals surface area contributed by atoms with Crippen LogP contribution in [0.15, 0.2) is 36.4 Å². The summed E-state index contributed by atoms with van der Waals surface area (Å²) in [6.07, 6.45) is 0.0261. The van der Waals surface area contributed by atoms with Crippen LogP contribution >= 0.6 is 11.6 Å². The first-order valence-corrected chi connectivity index (χ1v) is 7.00. The second-order valence-corrected chi connectivity index (χ2v) is 5.40. The van der Waals surface area contributed by atoms with E-state index < -0.39 is 0 Å². The molecule has 0 amide bonds. The van der Waals surface area contributed by atoms with E-state index in [1.54, 1.807) is 30.3 Å². The second-order valence-electron chi connectivity index (χ2n) is 4.96. The summed E-state index contributed by atoms with van der Waals surface area (Å²) < 4.78 is 19.0. The summed E-state index contributed by atoms with van der Waals surface area (Å²) in [5.74, 6) is 0.111. The maximum atomic E-state index is 13.5. The molecule has 0 radical (unpaired) electrons. The van der Waals surface area contributed by atoms with Crippen molar-refractivity contribution < 1.29 is 13.9 Å². The second kappa shape index (κ2) is 6.72. The Morgan fingerprint density at radius 2 is 1.81 bits per heavy atom. The first-order valence-electron chi connectivity index (χ1n) is 6.62. The standard InChI is InChI=1S/C17H16ClFO2/c1-11-7-14(18)8-12(2)17(11)21-10-15(20)9-13-5-3-4-6-16(13)19/h3-8H,9-10H2,1-2H3. The van der Waals surface area contributed by atoms with Gasteiger partial charge in [0, 0.05) is 11.4 Å². The van der Waals surface area contributed by atoms with Crippen molar-refractivity contribution in [2.75, 3.05) is 6.61 Å². The van der Waals surface area contributed by atoms with Gasteiger partial charge in [0.25, 0.3) is 0 Å². The Morgan fingerprint density at radius 3 is 2.43 bits per heavy atom. The molecule has 2 nitrogen and oxygen atoms in total. The monoisotopic (exact) mass is 306 g/mol. The summed E-state index contributed by atoms with van der Waals surface area (Å²) in [6, 6.07) is 9.82. The largest absolute Gasteiger partial charge is 0.485 e. The fourth-order valence-corrected chi connectivity index (χ4v) is 2.51. The Labute approximate surface area is 128 Å². The van der Waals surface area contributed by atoms with Gasteiger partial charge in [-0.1, -0.05) is 29.8 Å². The Hall–Kier alpha value is -1.87. The number of ketones is 1. The average Bonchev–Trinajstić information content (AvgIpc) is 2.40. The van der Waals surface area contributed by atoms with Gasteiger partial charge in [0.15, 0.2) is 5.78 Å². The van der Waals surface area contributed by atoms with Gasteiger partial charge >= 0.3 is 0 Å². The summed E-state index contributed by atoms with van der Waals surface area (Å²) in [7, 11) is 0. The summed E-state index contributed by atoms with van der Waals surface area (Å²) in [4.78, 5) is 11.9. The number of hydrogen-bond donors (Lipinski definition) is 0. The zero-order valence-corrected chi connectivity index (χ0v) is 12.7. The van der Waals surface area contributed by atoms with Crippen LogP contribution in [0, 0.1) is 19.7 Å². The fourth-order valence-electron chi connectivity index (χ4n) is 2.18. The van der Waals surface area contributed by atoms with Gasteiger partial charge in [0.1, 0.15) is 18.2 Å². The van der Waals surface area contributed by atoms with Gasteiger partial charge in [-0.2, -0.15) is 0 Å². The van der Waals surface area contributed by atoms with Crippen molar-refractivity contribution in [1.29, 1.82) is 0 Å². The van der Waals surface area contributed by atoms with Crippen LogP contribution in [0.2, 0.25) is 5.02 Å². The predicted molar refractivity (Wildman–Crippen MR) is 81.5 cm³/mol. The number of carbonyl (C=O) groups is 1. The van der Waals surface area contributed by atoms with Crippen molar-refractivity contribution in [1.82, 2.24) is 0 Å². The van der Waals surface area contributed by atoms with Crippen LogP contribution < -0.4 is 4.74 Å². The van der Waals surface area contributed by atoms with Crippen LogP contribution in [0.4, 0.5) is 4.39 Å². The number of halogens is 2. The van der Waals surface area contributed by atoms with Crippen LogP contribution in [-0.4, -0.2) is 12.4 Å². The highest BCUT2D eigenvalue weighted by Crippen LogP contribution is 2.27. The molecular weight excluding hydrogens is 291 g/mol. The zero-order valence-electron chi connectivity index (χ0n) is 12.0. The summed E-state index contributed by atoms with van der Waals surface area (Å²) in [5, 5.41) is 0.634. The third kappa shape index (κ3) is 4.05. The van der Waals surface area contributed by atoms with Crippen LogP contribution in [0.25, 0.3) is 0 Å². The average molecular weight is 307 g/mol. The molecule has 0 saturated heterocycles. The molecule has 2 aromatic carbocycles. The Bertz CT molecular complexity index is 645. The van der Waals surface area contributed by atoms with E-state index in [1.165, 1.54) is 6.07 Å². The molecule has 2 rings (SSSR count). The molecule has 21 heavy (non-hydrogen) atoms. The van der Waals surface area contributed by atoms with Crippen molar-refractivity contribution in [3.05, 3.63) is 63.9 Å². The molecule has 0 N–H and O–H groups in total. The van der Waals surface area contributed by atoms with Gasteiger partial charge in [-0.25, -0.2) is 4.39 Å². The van der Waals surface area contributed by atoms with E-state index in [-0.39, 0.29) is 24.6 Å². The lowest BCUT2D eigenvalue weighted by Crippen LogP contribution is -2.15. The maximum absolute atomic E-state index is 13.5. The molecule has 0 aliphatic rings. The van der Waals surface area contributed by atoms with Crippen LogP contribution in [0.1, 0.15) is 16.7 Å². The van der Waals surface area contributed by atoms with Gasteiger partial charge in [0.05, 0.1) is 0 Å². The highest BCUT2D eigenvalue weighted by molar-refractivity contribution is 6.30. The van der Waals surface area contributed by atoms with Crippen molar-refractivity contribution >= 4 is 17.4 Å². The lowest BCUT2D eigenvalue weighted by molar-refractivity contribution is -0.120. The van der Waals surface area contributed by atoms with E-state index >= 15 is 0 Å². The fraction of sp³-hybridized carbons (Fsp3) is 0.235. The van der Waals surface area contributed by atoms with E-state index in [0.29, 0.717) is 16.3 Å². The van der Waals surface area contributed by atoms with Crippen LogP contribution in [0.5, 0.6) is 5.75 Å². The lowest BCUT2D eigenvalue weighted by Gasteiger charge is -2.12. The number of aryl methyl sites for hydroxylation is 2. The van der Waals surface area contributed by atoms with Gasteiger partial charge in [0.2, 0.25) is 0 Å². The molecule has 0 bridgehead atoms. The van der Waals surface area contributed by atoms with E-state index in [0.717, 1.165) is 11.1 Å². The number of Topliss-reactive ketones (excluding diaryl/α,β-unsaturated/α-hetero) is 1. The molecule has 0 aliphatic heterocycles. The Morgan fingerprint density at radius 1 is 1.19 bits per heavy atom. The molecule has 110 valence electrons. The lowest BCUT2D eigenvalue weighted by atomic mass is 10.1. The first-order chi connectivity index (χ1) is 9.97. The van der Waals surface area contributed by atoms with Gasteiger partial charge in [-0.15, -0.1) is 0 Å². The molecule has 2 aromatic rings. The normalized spacial score (nSPS) is 10.5. The molecule has 0 heterocycles. The Balaban J connectivity index is 2.01. The third-order valence-corrected chi connectivity index (χ3v) is 3.37. The van der Waals surface area contributed by atoms with Gasteiger partial charge in [-0.05, 0) is 48.7 Å². The van der Waals surface area contributed by atoms with Crippen molar-refractivity contribution in [3.63, 3.8) is 0 Å². The minimum atomic E-state index is -0.371. The van der Waals surface area contributed by atoms with Gasteiger partial charge in [-0.3, -0.25) is 4.79 Å². The molecule has 0 saturated carbocycles. The minimum absolute atomic E-state index is 0.0261. The maximum Gasteiger partial charge on any atom is 0.174 e. The molecule has 0 fully saturated rings. The minimum Gasteiger partial charge on any atom is -0.485 e. The molecule has 0 spiro atoms. The van der Waals surface area contributed by atoms with Crippen LogP contribution in [-0.2, 0) is 11.2 Å².